The van der Waals surface area contributed by atoms with Crippen LogP contribution >= 0.6 is 0 Å². The fraction of sp³-hybridized carbons (Fsp3) is 0.328. The van der Waals surface area contributed by atoms with Crippen molar-refractivity contribution < 1.29 is 124 Å². The van der Waals surface area contributed by atoms with Crippen LogP contribution in [0.4, 0.5) is 60.5 Å². The molecule has 0 aliphatic rings. The number of carbonyl (C=O) groups is 6. The van der Waals surface area contributed by atoms with Crippen molar-refractivity contribution in [1.82, 2.24) is 0 Å². The maximum Gasteiger partial charge on any atom is 0.416 e. The van der Waals surface area contributed by atoms with Crippen LogP contribution in [0.2, 0.25) is 0 Å². The summed E-state index contributed by atoms with van der Waals surface area (Å²) in [4.78, 5) is 70.7. The van der Waals surface area contributed by atoms with Crippen molar-refractivity contribution in [1.29, 1.82) is 0 Å². The molecule has 792 valence electrons. The van der Waals surface area contributed by atoms with Crippen molar-refractivity contribution in [2.45, 2.75) is 242 Å². The van der Waals surface area contributed by atoms with Gasteiger partial charge in [-0.3, -0.25) is 60.0 Å². The number of anilines is 6. The third-order valence-electron chi connectivity index (χ3n) is 23.1. The number of aryl methyl sites for hydroxylation is 12. The predicted octanol–water partition coefficient (Wildman–Crippen LogP) is 27.7. The molecule has 12 aromatic rings. The highest BCUT2D eigenvalue weighted by molar-refractivity contribution is 5.95. The molecule has 0 spiro atoms. The van der Waals surface area contributed by atoms with E-state index in [1.807, 2.05) is 199 Å². The van der Waals surface area contributed by atoms with Gasteiger partial charge in [-0.2, -0.15) is 43.6 Å². The molecule has 0 atom stereocenters. The monoisotopic (exact) mass is 2050 g/mol. The Morgan fingerprint density at radius 2 is 0.541 bits per heavy atom. The van der Waals surface area contributed by atoms with Gasteiger partial charge < -0.3 is 37.9 Å². The van der Waals surface area contributed by atoms with E-state index in [0.717, 1.165) is 113 Å². The molecule has 0 unspecified atom stereocenters. The number of hydrogen-bond donors (Lipinski definition) is 6. The first-order valence-corrected chi connectivity index (χ1v) is 48.4. The van der Waals surface area contributed by atoms with Crippen molar-refractivity contribution in [3.63, 3.8) is 0 Å². The van der Waals surface area contributed by atoms with Crippen LogP contribution in [0.1, 0.15) is 230 Å². The Balaban J connectivity index is 0.000000240. The summed E-state index contributed by atoms with van der Waals surface area (Å²) in [6.45, 7) is 40.6. The van der Waals surface area contributed by atoms with Gasteiger partial charge in [0.2, 0.25) is 35.4 Å². The van der Waals surface area contributed by atoms with E-state index >= 15 is 0 Å². The van der Waals surface area contributed by atoms with Gasteiger partial charge in [0.15, 0.2) is 0 Å². The van der Waals surface area contributed by atoms with Crippen molar-refractivity contribution in [3.05, 3.63) is 341 Å². The highest BCUT2D eigenvalue weighted by atomic mass is 19.4. The largest absolute Gasteiger partial charge is 0.497 e. The molecule has 0 aliphatic heterocycles. The minimum atomic E-state index is -4.54. The number of ether oxygens (including phenoxy) is 8. The van der Waals surface area contributed by atoms with Crippen molar-refractivity contribution in [2.75, 3.05) is 44.1 Å². The maximum absolute atomic E-state index is 13.5. The molecule has 6 N–H and O–H groups in total. The van der Waals surface area contributed by atoms with Gasteiger partial charge in [0, 0.05) is 83.5 Å². The molecule has 0 saturated heterocycles. The summed E-state index contributed by atoms with van der Waals surface area (Å²) >= 11 is 0. The quantitative estimate of drug-likeness (QED) is 0.0122. The number of halogens is 6. The number of carbonyl (C=O) groups excluding carboxylic acids is 6. The van der Waals surface area contributed by atoms with E-state index in [1.54, 1.807) is 97.2 Å². The highest BCUT2D eigenvalue weighted by Gasteiger charge is 2.33. The van der Waals surface area contributed by atoms with Crippen LogP contribution in [0, 0.1) is 88.9 Å². The topological polar surface area (TPSA) is 317 Å². The minimum Gasteiger partial charge on any atom is -0.497 e. The number of alkyl halides is 5. The smallest absolute Gasteiger partial charge is 0.416 e. The van der Waals surface area contributed by atoms with E-state index in [4.69, 9.17) is 37.9 Å². The molecule has 6 amide bonds. The average molecular weight is 2050 g/mol. The predicted molar refractivity (Wildman–Crippen MR) is 559 cm³/mol. The number of hydrogen-bond acceptors (Lipinski definition) is 20. The molecule has 0 bridgehead atoms. The number of nitrogens with zero attached hydrogens (tertiary/aromatic N) is 6. The van der Waals surface area contributed by atoms with E-state index < -0.39 is 41.7 Å². The molecule has 0 fully saturated rings. The standard InChI is InChI=1S/C21H27NO3.C20H25NO4.C19H20F3NO3.C19H21F2NO3.C19H23NO4.C18H20FNO3/c1-6-21(23)22(24)19-12-17(14(2)3)8-9-18(19)13-25-20-10-7-15(4)11-16(20)5;1-5-20(22)21(23)18-9-8-17(24-6-2)12-16(18)13-25-19-10-7-14(3)11-15(19)4;1-4-18(24)23(25)16-7-6-15(19(20,21)22)10-14(16)11-26-17-8-5-12(2)9-13(17)3;1-4-18(23)22(24)16-7-6-14(19(20)21)10-15(16)11-25-17-8-5-12(2)9-13(17)3;1-5-19(21)20(22)17-8-7-16(23-4)11-15(17)12-24-18-9-6-13(2)10-14(18)3;1-4-18(21)20(22)16-10-15(19)7-6-14(16)11-23-17-8-5-12(2)9-13(17)3/h7-12,14,24H,6,13H2,1-5H3;7-12,23H,5-6,13H2,1-4H3;5-10,25H,4,11H2,1-3H3;5-10,19,24H,4,11H2,1-3H3;6-11,22H,5,12H2,1-4H3;5-10,22H,4,11H2,1-3H3. The third kappa shape index (κ3) is 35.5. The summed E-state index contributed by atoms with van der Waals surface area (Å²) in [5.74, 6) is 2.49. The fourth-order valence-electron chi connectivity index (χ4n) is 14.8. The van der Waals surface area contributed by atoms with Crippen LogP contribution in [0.5, 0.6) is 46.0 Å². The lowest BCUT2D eigenvalue weighted by Crippen LogP contribution is -2.27. The van der Waals surface area contributed by atoms with Gasteiger partial charge in [-0.25, -0.2) is 13.2 Å². The van der Waals surface area contributed by atoms with Crippen LogP contribution in [-0.2, 0) is 74.6 Å². The van der Waals surface area contributed by atoms with E-state index in [1.165, 1.54) is 41.5 Å². The van der Waals surface area contributed by atoms with E-state index in [2.05, 4.69) is 19.9 Å². The second kappa shape index (κ2) is 57.9. The molecular weight excluding hydrogens is 1910 g/mol. The molecule has 26 nitrogen and oxygen atoms in total. The maximum atomic E-state index is 13.5. The second-order valence-corrected chi connectivity index (χ2v) is 35.3. The van der Waals surface area contributed by atoms with Crippen LogP contribution in [0.15, 0.2) is 218 Å². The third-order valence-corrected chi connectivity index (χ3v) is 23.1. The Labute approximate surface area is 862 Å². The molecule has 0 aromatic heterocycles. The number of amides is 6. The molecule has 0 radical (unpaired) electrons. The molecule has 0 aliphatic carbocycles. The second-order valence-electron chi connectivity index (χ2n) is 35.3. The van der Waals surface area contributed by atoms with Crippen LogP contribution in [0.25, 0.3) is 0 Å². The molecule has 0 saturated carbocycles. The molecule has 12 rings (SSSR count). The molecule has 0 heterocycles. The zero-order valence-electron chi connectivity index (χ0n) is 88.0. The molecule has 148 heavy (non-hydrogen) atoms. The van der Waals surface area contributed by atoms with E-state index in [9.17, 15) is 86.4 Å². The summed E-state index contributed by atoms with van der Waals surface area (Å²) in [7, 11) is 1.57. The Kier molecular flexibility index (Phi) is 47.0. The summed E-state index contributed by atoms with van der Waals surface area (Å²) in [6, 6.07) is 61.3. The molecular formula is C116H136F6N6O20. The summed E-state index contributed by atoms with van der Waals surface area (Å²) in [5.41, 5.74) is 17.1. The van der Waals surface area contributed by atoms with Gasteiger partial charge in [0.1, 0.15) is 91.5 Å². The Morgan fingerprint density at radius 1 is 0.284 bits per heavy atom. The lowest BCUT2D eigenvalue weighted by Gasteiger charge is -2.21. The number of hydroxylamine groups is 6. The lowest BCUT2D eigenvalue weighted by atomic mass is 10.00. The summed E-state index contributed by atoms with van der Waals surface area (Å²) in [6.07, 6.45) is -6.32. The first-order chi connectivity index (χ1) is 70.1. The zero-order chi connectivity index (χ0) is 110. The van der Waals surface area contributed by atoms with Crippen LogP contribution in [-0.4, -0.2) is 80.4 Å². The molecule has 12 aromatic carbocycles. The number of rotatable bonds is 35. The van der Waals surface area contributed by atoms with Crippen LogP contribution < -0.4 is 68.3 Å². The van der Waals surface area contributed by atoms with Crippen molar-refractivity contribution in [2.24, 2.45) is 0 Å². The van der Waals surface area contributed by atoms with Gasteiger partial charge in [0.25, 0.3) is 6.43 Å². The zero-order valence-corrected chi connectivity index (χ0v) is 88.0. The minimum absolute atomic E-state index is 0.00882. The fourth-order valence-corrected chi connectivity index (χ4v) is 14.8. The highest BCUT2D eigenvalue weighted by Crippen LogP contribution is 2.39. The normalized spacial score (nSPS) is 10.7. The van der Waals surface area contributed by atoms with Gasteiger partial charge in [0.05, 0.1) is 53.4 Å². The first kappa shape index (κ1) is 120. The SMILES string of the molecule is CCC(=O)N(O)c1cc(C(C)C)ccc1COc1ccc(C)cc1C.CCC(=O)N(O)c1cc(F)ccc1COc1ccc(C)cc1C.CCC(=O)N(O)c1ccc(C(F)(F)F)cc1COc1ccc(C)cc1C.CCC(=O)N(O)c1ccc(C(F)F)cc1COc1ccc(C)cc1C.CCC(=O)N(O)c1ccc(OC)cc1COc1ccc(C)cc1C.CCOc1ccc(N(O)C(=O)CC)c(COc2ccc(C)cc2C)c1. The Morgan fingerprint density at radius 3 is 0.824 bits per heavy atom. The van der Waals surface area contributed by atoms with Gasteiger partial charge in [-0.1, -0.05) is 186 Å². The van der Waals surface area contributed by atoms with Gasteiger partial charge in [-0.15, -0.1) is 0 Å². The number of methoxy groups -OCH3 is 1. The van der Waals surface area contributed by atoms with Gasteiger partial charge >= 0.3 is 6.18 Å². The first-order valence-electron chi connectivity index (χ1n) is 48.4. The van der Waals surface area contributed by atoms with Crippen LogP contribution in [0.3, 0.4) is 0 Å². The lowest BCUT2D eigenvalue weighted by molar-refractivity contribution is -0.137. The number of benzene rings is 12. The Bertz CT molecular complexity index is 6500. The summed E-state index contributed by atoms with van der Waals surface area (Å²) < 4.78 is 124. The van der Waals surface area contributed by atoms with Crippen molar-refractivity contribution in [3.8, 4) is 46.0 Å². The van der Waals surface area contributed by atoms with Crippen molar-refractivity contribution >= 4 is 69.6 Å². The molecule has 32 heteroatoms. The van der Waals surface area contributed by atoms with E-state index in [-0.39, 0.29) is 124 Å². The average Bonchev–Trinajstić information content (AvgIpc) is 0.818. The van der Waals surface area contributed by atoms with Gasteiger partial charge in [-0.05, 0) is 250 Å². The van der Waals surface area contributed by atoms with E-state index in [0.29, 0.717) is 106 Å². The summed E-state index contributed by atoms with van der Waals surface area (Å²) in [5, 5.41) is 63.9. The Hall–Kier alpha value is -14.8.